The summed E-state index contributed by atoms with van der Waals surface area (Å²) in [6.45, 7) is 1.71. The third-order valence-electron chi connectivity index (χ3n) is 8.80. The Morgan fingerprint density at radius 1 is 0.860 bits per heavy atom. The molecule has 1 aliphatic heterocycles. The van der Waals surface area contributed by atoms with E-state index in [0.29, 0.717) is 33.2 Å². The lowest BCUT2D eigenvalue weighted by Crippen LogP contribution is -2.45. The van der Waals surface area contributed by atoms with Gasteiger partial charge in [-0.15, -0.1) is 11.3 Å². The number of thiophene rings is 1. The van der Waals surface area contributed by atoms with Crippen molar-refractivity contribution >= 4 is 17.2 Å². The van der Waals surface area contributed by atoms with Crippen molar-refractivity contribution in [2.75, 3.05) is 14.2 Å². The lowest BCUT2D eigenvalue weighted by atomic mass is 9.67. The van der Waals surface area contributed by atoms with E-state index in [0.717, 1.165) is 16.7 Å². The molecule has 3 aromatic carbocycles. The van der Waals surface area contributed by atoms with Crippen LogP contribution in [-0.2, 0) is 15.7 Å². The van der Waals surface area contributed by atoms with Crippen LogP contribution in [0, 0.1) is 23.2 Å². The topological polar surface area (TPSA) is 76.7 Å². The molecule has 5 aromatic rings. The molecule has 0 bridgehead atoms. The van der Waals surface area contributed by atoms with Crippen LogP contribution >= 0.6 is 11.3 Å². The highest BCUT2D eigenvalue weighted by Gasteiger charge is 2.51. The summed E-state index contributed by atoms with van der Waals surface area (Å²) in [6, 6.07) is 31.8. The molecule has 3 heterocycles. The molecule has 0 radical (unpaired) electrons. The van der Waals surface area contributed by atoms with Crippen LogP contribution < -0.4 is 9.47 Å². The Kier molecular flexibility index (Phi) is 9.67. The Labute approximate surface area is 292 Å². The molecule has 6 rings (SSSR count). The molecule has 0 aliphatic carbocycles. The quantitative estimate of drug-likeness (QED) is 0.120. The fraction of sp³-hybridized carbons (Fsp3) is 0.225. The molecule has 0 unspecified atom stereocenters. The Bertz CT molecular complexity index is 2030. The summed E-state index contributed by atoms with van der Waals surface area (Å²) in [4.78, 5) is 9.80. The van der Waals surface area contributed by atoms with Crippen molar-refractivity contribution in [2.24, 2.45) is 4.99 Å². The molecular weight excluding hydrogens is 660 g/mol. The number of aromatic nitrogens is 1. The molecule has 252 valence electrons. The minimum atomic E-state index is -4.64. The molecule has 2 atom stereocenters. The minimum Gasteiger partial charge on any atom is -0.497 e. The molecule has 0 fully saturated rings. The maximum atomic E-state index is 14.7. The van der Waals surface area contributed by atoms with E-state index in [-0.39, 0.29) is 12.3 Å². The minimum absolute atomic E-state index is 0.000239. The highest BCUT2D eigenvalue weighted by molar-refractivity contribution is 7.10. The van der Waals surface area contributed by atoms with Crippen LogP contribution in [0.1, 0.15) is 58.2 Å². The first-order valence-electron chi connectivity index (χ1n) is 15.7. The van der Waals surface area contributed by atoms with Crippen molar-refractivity contribution < 1.29 is 27.4 Å². The number of pyridine rings is 1. The maximum Gasteiger partial charge on any atom is 0.425 e. The van der Waals surface area contributed by atoms with Gasteiger partial charge in [0.1, 0.15) is 23.3 Å². The van der Waals surface area contributed by atoms with Gasteiger partial charge in [-0.2, -0.15) is 18.4 Å². The number of halogens is 3. The summed E-state index contributed by atoms with van der Waals surface area (Å²) in [5.41, 5.74) is 1.75. The smallest absolute Gasteiger partial charge is 0.425 e. The fourth-order valence-corrected chi connectivity index (χ4v) is 7.15. The predicted molar refractivity (Wildman–Crippen MR) is 187 cm³/mol. The standard InChI is InChI=1S/C40H32F3N3O3S/c1-38(36-21-27(26-50-36)9-15-32-16-10-28(24-44)25-45-32)22-35(40(41,42)43)49-37(46-38)23-39(29-7-5-4-6-8-29,30-11-17-33(47-2)18-12-30)31-13-19-34(48-3)20-14-31/h4-8,10-14,16-21,25-26,35H,22-23H2,1-3H3/t35-,38-/m0/s1. The van der Waals surface area contributed by atoms with Crippen LogP contribution in [0.15, 0.2) is 114 Å². The summed E-state index contributed by atoms with van der Waals surface area (Å²) >= 11 is 1.30. The van der Waals surface area contributed by atoms with Crippen molar-refractivity contribution in [1.29, 1.82) is 5.26 Å². The maximum absolute atomic E-state index is 14.7. The summed E-state index contributed by atoms with van der Waals surface area (Å²) in [5.74, 6) is 7.28. The van der Waals surface area contributed by atoms with Gasteiger partial charge >= 0.3 is 6.18 Å². The van der Waals surface area contributed by atoms with E-state index in [1.165, 1.54) is 17.5 Å². The molecule has 10 heteroatoms. The molecule has 6 nitrogen and oxygen atoms in total. The van der Waals surface area contributed by atoms with E-state index >= 15 is 0 Å². The molecule has 0 saturated heterocycles. The van der Waals surface area contributed by atoms with Crippen LogP contribution in [0.3, 0.4) is 0 Å². The van der Waals surface area contributed by atoms with E-state index in [1.54, 1.807) is 44.7 Å². The number of nitrogens with zero attached hydrogens (tertiary/aromatic N) is 3. The van der Waals surface area contributed by atoms with Gasteiger partial charge in [-0.25, -0.2) is 9.98 Å². The zero-order chi connectivity index (χ0) is 35.4. The van der Waals surface area contributed by atoms with Crippen molar-refractivity contribution in [3.63, 3.8) is 0 Å². The molecule has 0 spiro atoms. The number of benzene rings is 3. The lowest BCUT2D eigenvalue weighted by Gasteiger charge is -2.41. The largest absolute Gasteiger partial charge is 0.497 e. The number of nitriles is 1. The van der Waals surface area contributed by atoms with Gasteiger partial charge < -0.3 is 14.2 Å². The molecule has 0 amide bonds. The SMILES string of the molecule is COc1ccc(C(CC2=N[C@](C)(c3cc(C#Cc4ccc(C#N)cn4)cs3)C[C@@H](C(F)(F)F)O2)(c2ccccc2)c2ccc(OC)cc2)cc1. The second kappa shape index (κ2) is 14.1. The second-order valence-electron chi connectivity index (χ2n) is 12.0. The monoisotopic (exact) mass is 691 g/mol. The second-order valence-corrected chi connectivity index (χ2v) is 12.9. The fourth-order valence-electron chi connectivity index (χ4n) is 6.19. The van der Waals surface area contributed by atoms with Crippen molar-refractivity contribution in [3.05, 3.63) is 147 Å². The van der Waals surface area contributed by atoms with Gasteiger partial charge in [-0.1, -0.05) is 60.5 Å². The Balaban J connectivity index is 1.47. The number of aliphatic imine (C=N–C) groups is 1. The molecular formula is C40H32F3N3O3S. The third-order valence-corrected chi connectivity index (χ3v) is 9.99. The summed E-state index contributed by atoms with van der Waals surface area (Å²) in [7, 11) is 3.16. The zero-order valence-electron chi connectivity index (χ0n) is 27.5. The van der Waals surface area contributed by atoms with Crippen LogP contribution in [0.25, 0.3) is 0 Å². The summed E-state index contributed by atoms with van der Waals surface area (Å²) in [6.07, 6.45) is -5.68. The average molecular weight is 692 g/mol. The first-order valence-corrected chi connectivity index (χ1v) is 16.6. The molecule has 2 aromatic heterocycles. The van der Waals surface area contributed by atoms with Crippen molar-refractivity contribution in [2.45, 2.75) is 43.0 Å². The molecule has 0 N–H and O–H groups in total. The van der Waals surface area contributed by atoms with Gasteiger partial charge in [0.05, 0.1) is 30.7 Å². The van der Waals surface area contributed by atoms with Crippen LogP contribution in [0.5, 0.6) is 11.5 Å². The van der Waals surface area contributed by atoms with Gasteiger partial charge in [0.2, 0.25) is 0 Å². The average Bonchev–Trinajstić information content (AvgIpc) is 3.63. The number of alkyl halides is 3. The van der Waals surface area contributed by atoms with Crippen LogP contribution in [0.4, 0.5) is 13.2 Å². The van der Waals surface area contributed by atoms with Gasteiger partial charge in [-0.05, 0) is 72.0 Å². The highest BCUT2D eigenvalue weighted by atomic mass is 32.1. The van der Waals surface area contributed by atoms with E-state index in [4.69, 9.17) is 24.5 Å². The number of hydrogen-bond acceptors (Lipinski definition) is 7. The lowest BCUT2D eigenvalue weighted by molar-refractivity contribution is -0.208. The Morgan fingerprint density at radius 2 is 1.48 bits per heavy atom. The molecule has 0 saturated carbocycles. The first kappa shape index (κ1) is 34.3. The van der Waals surface area contributed by atoms with E-state index < -0.39 is 29.7 Å². The third kappa shape index (κ3) is 7.08. The van der Waals surface area contributed by atoms with E-state index in [1.807, 2.05) is 84.9 Å². The molecule has 1 aliphatic rings. The van der Waals surface area contributed by atoms with Gasteiger partial charge in [-0.3, -0.25) is 0 Å². The Hall–Kier alpha value is -5.58. The van der Waals surface area contributed by atoms with Crippen molar-refractivity contribution in [1.82, 2.24) is 4.98 Å². The summed E-state index contributed by atoms with van der Waals surface area (Å²) < 4.78 is 60.7. The number of hydrogen-bond donors (Lipinski definition) is 0. The van der Waals surface area contributed by atoms with Gasteiger partial charge in [0.15, 0.2) is 12.0 Å². The normalized spacial score (nSPS) is 17.4. The van der Waals surface area contributed by atoms with Crippen LogP contribution in [-0.4, -0.2) is 37.4 Å². The first-order chi connectivity index (χ1) is 24.1. The van der Waals surface area contributed by atoms with Gasteiger partial charge in [0.25, 0.3) is 0 Å². The highest BCUT2D eigenvalue weighted by Crippen LogP contribution is 2.48. The van der Waals surface area contributed by atoms with E-state index in [9.17, 15) is 13.2 Å². The van der Waals surface area contributed by atoms with Gasteiger partial charge in [0, 0.05) is 34.9 Å². The predicted octanol–water partition coefficient (Wildman–Crippen LogP) is 8.82. The van der Waals surface area contributed by atoms with Crippen LogP contribution in [0.2, 0.25) is 0 Å². The number of ether oxygens (including phenoxy) is 3. The summed E-state index contributed by atoms with van der Waals surface area (Å²) in [5, 5.41) is 10.8. The number of methoxy groups -OCH3 is 2. The number of rotatable bonds is 8. The Morgan fingerprint density at radius 3 is 2.02 bits per heavy atom. The van der Waals surface area contributed by atoms with E-state index in [2.05, 4.69) is 16.8 Å². The zero-order valence-corrected chi connectivity index (χ0v) is 28.3. The molecule has 50 heavy (non-hydrogen) atoms. The van der Waals surface area contributed by atoms with Crippen molar-refractivity contribution in [3.8, 4) is 29.4 Å².